The molecule has 8 heteroatoms. The highest BCUT2D eigenvalue weighted by Crippen LogP contribution is 2.35. The first-order valence-electron chi connectivity index (χ1n) is 6.95. The summed E-state index contributed by atoms with van der Waals surface area (Å²) < 4.78 is 65.0. The molecule has 0 amide bonds. The van der Waals surface area contributed by atoms with E-state index < -0.39 is 32.7 Å². The van der Waals surface area contributed by atoms with Crippen LogP contribution in [0.1, 0.15) is 24.1 Å². The molecule has 0 saturated carbocycles. The van der Waals surface area contributed by atoms with E-state index in [1.807, 2.05) is 0 Å². The Bertz CT molecular complexity index is 823. The van der Waals surface area contributed by atoms with Gasteiger partial charge in [0.25, 0.3) is 0 Å². The smallest absolute Gasteiger partial charge is 0.207 e. The highest BCUT2D eigenvalue weighted by molar-refractivity contribution is 7.89. The first-order chi connectivity index (χ1) is 11.0. The van der Waals surface area contributed by atoms with Gasteiger partial charge in [-0.15, -0.1) is 0 Å². The Kier molecular flexibility index (Phi) is 5.27. The molecule has 0 radical (unpaired) electrons. The molecule has 0 aliphatic heterocycles. The average Bonchev–Trinajstić information content (AvgIpc) is 2.53. The van der Waals surface area contributed by atoms with Crippen LogP contribution in [0.2, 0.25) is 5.02 Å². The first kappa shape index (κ1) is 18.8. The van der Waals surface area contributed by atoms with Crippen LogP contribution >= 0.6 is 11.6 Å². The number of halogens is 4. The highest BCUT2D eigenvalue weighted by atomic mass is 35.5. The summed E-state index contributed by atoms with van der Waals surface area (Å²) in [5, 5.41) is -0.255. The second-order valence-corrected chi connectivity index (χ2v) is 7.62. The Morgan fingerprint density at radius 1 is 1.08 bits per heavy atom. The second kappa shape index (κ2) is 6.74. The van der Waals surface area contributed by atoms with Gasteiger partial charge in [-0.3, -0.25) is 0 Å². The SMILES string of the molecule is CC(c1ccccc1)N(C)S(=O)(=O)c1cc(C(F)(F)F)ccc1Cl. The first-order valence-corrected chi connectivity index (χ1v) is 8.76. The van der Waals surface area contributed by atoms with Gasteiger partial charge in [-0.05, 0) is 30.7 Å². The number of alkyl halides is 3. The lowest BCUT2D eigenvalue weighted by molar-refractivity contribution is -0.137. The van der Waals surface area contributed by atoms with Gasteiger partial charge in [-0.2, -0.15) is 17.5 Å². The Morgan fingerprint density at radius 2 is 1.67 bits per heavy atom. The lowest BCUT2D eigenvalue weighted by Crippen LogP contribution is -2.30. The third kappa shape index (κ3) is 3.74. The molecule has 0 N–H and O–H groups in total. The Morgan fingerprint density at radius 3 is 2.21 bits per heavy atom. The van der Waals surface area contributed by atoms with Crippen LogP contribution in [-0.2, 0) is 16.2 Å². The maximum atomic E-state index is 12.9. The van der Waals surface area contributed by atoms with E-state index in [1.165, 1.54) is 7.05 Å². The molecule has 0 aliphatic rings. The molecule has 0 bridgehead atoms. The fourth-order valence-corrected chi connectivity index (χ4v) is 4.03. The molecule has 2 aromatic rings. The van der Waals surface area contributed by atoms with E-state index in [4.69, 9.17) is 11.6 Å². The van der Waals surface area contributed by atoms with Crippen LogP contribution in [0, 0.1) is 0 Å². The molecule has 1 unspecified atom stereocenters. The summed E-state index contributed by atoms with van der Waals surface area (Å²) >= 11 is 5.85. The molecule has 130 valence electrons. The maximum Gasteiger partial charge on any atom is 0.416 e. The van der Waals surface area contributed by atoms with Crippen molar-refractivity contribution in [2.24, 2.45) is 0 Å². The quantitative estimate of drug-likeness (QED) is 0.771. The van der Waals surface area contributed by atoms with Crippen LogP contribution < -0.4 is 0 Å². The van der Waals surface area contributed by atoms with Crippen molar-refractivity contribution in [3.05, 3.63) is 64.7 Å². The Labute approximate surface area is 143 Å². The Hall–Kier alpha value is -1.57. The van der Waals surface area contributed by atoms with Crippen molar-refractivity contribution >= 4 is 21.6 Å². The third-order valence-electron chi connectivity index (χ3n) is 3.74. The van der Waals surface area contributed by atoms with Gasteiger partial charge in [0, 0.05) is 13.1 Å². The van der Waals surface area contributed by atoms with Crippen LogP contribution in [0.25, 0.3) is 0 Å². The van der Waals surface area contributed by atoms with Gasteiger partial charge in [0.1, 0.15) is 4.90 Å². The van der Waals surface area contributed by atoms with Gasteiger partial charge in [0.2, 0.25) is 10.0 Å². The van der Waals surface area contributed by atoms with Crippen LogP contribution in [0.15, 0.2) is 53.4 Å². The topological polar surface area (TPSA) is 37.4 Å². The van der Waals surface area contributed by atoms with Crippen molar-refractivity contribution in [3.63, 3.8) is 0 Å². The summed E-state index contributed by atoms with van der Waals surface area (Å²) in [5.41, 5.74) is -0.349. The van der Waals surface area contributed by atoms with Gasteiger partial charge < -0.3 is 0 Å². The molecule has 0 spiro atoms. The summed E-state index contributed by atoms with van der Waals surface area (Å²) in [5.74, 6) is 0. The molecule has 2 rings (SSSR count). The van der Waals surface area contributed by atoms with E-state index >= 15 is 0 Å². The van der Waals surface area contributed by atoms with Crippen molar-refractivity contribution in [1.29, 1.82) is 0 Å². The standard InChI is InChI=1S/C16H15ClF3NO2S/c1-11(12-6-4-3-5-7-12)21(2)24(22,23)15-10-13(16(18,19)20)8-9-14(15)17/h3-11H,1-2H3. The van der Waals surface area contributed by atoms with Crippen LogP contribution in [0.4, 0.5) is 13.2 Å². The Balaban J connectivity index is 2.47. The molecule has 1 atom stereocenters. The van der Waals surface area contributed by atoms with Gasteiger partial charge in [-0.25, -0.2) is 8.42 Å². The normalized spacial score (nSPS) is 14.0. The van der Waals surface area contributed by atoms with Crippen molar-refractivity contribution in [3.8, 4) is 0 Å². The van der Waals surface area contributed by atoms with E-state index in [0.29, 0.717) is 11.6 Å². The van der Waals surface area contributed by atoms with Crippen LogP contribution in [-0.4, -0.2) is 19.8 Å². The van der Waals surface area contributed by atoms with Gasteiger partial charge in [-0.1, -0.05) is 41.9 Å². The number of hydrogen-bond acceptors (Lipinski definition) is 2. The van der Waals surface area contributed by atoms with Crippen molar-refractivity contribution in [2.75, 3.05) is 7.05 Å². The van der Waals surface area contributed by atoms with Gasteiger partial charge in [0.05, 0.1) is 10.6 Å². The predicted octanol–water partition coefficient (Wildman–Crippen LogP) is 4.74. The summed E-state index contributed by atoms with van der Waals surface area (Å²) in [6, 6.07) is 10.5. The minimum Gasteiger partial charge on any atom is -0.207 e. The molecule has 24 heavy (non-hydrogen) atoms. The minimum absolute atomic E-state index is 0.255. The molecule has 0 fully saturated rings. The van der Waals surface area contributed by atoms with E-state index in [0.717, 1.165) is 16.4 Å². The zero-order chi connectivity index (χ0) is 18.1. The van der Waals surface area contributed by atoms with Crippen molar-refractivity contribution < 1.29 is 21.6 Å². The third-order valence-corrected chi connectivity index (χ3v) is 6.15. The van der Waals surface area contributed by atoms with Crippen LogP contribution in [0.5, 0.6) is 0 Å². The van der Waals surface area contributed by atoms with E-state index in [9.17, 15) is 21.6 Å². The highest BCUT2D eigenvalue weighted by Gasteiger charge is 2.34. The lowest BCUT2D eigenvalue weighted by atomic mass is 10.1. The zero-order valence-corrected chi connectivity index (χ0v) is 14.5. The molecular formula is C16H15ClF3NO2S. The zero-order valence-electron chi connectivity index (χ0n) is 12.9. The van der Waals surface area contributed by atoms with Gasteiger partial charge in [0.15, 0.2) is 0 Å². The summed E-state index contributed by atoms with van der Waals surface area (Å²) in [6.45, 7) is 1.65. The second-order valence-electron chi connectivity index (χ2n) is 5.25. The monoisotopic (exact) mass is 377 g/mol. The summed E-state index contributed by atoms with van der Waals surface area (Å²) in [6.07, 6.45) is -4.65. The number of nitrogens with zero attached hydrogens (tertiary/aromatic N) is 1. The van der Waals surface area contributed by atoms with Crippen molar-refractivity contribution in [2.45, 2.75) is 24.0 Å². The number of benzene rings is 2. The summed E-state index contributed by atoms with van der Waals surface area (Å²) in [4.78, 5) is -0.565. The maximum absolute atomic E-state index is 12.9. The van der Waals surface area contributed by atoms with E-state index in [1.54, 1.807) is 37.3 Å². The van der Waals surface area contributed by atoms with Gasteiger partial charge >= 0.3 is 6.18 Å². The molecule has 0 heterocycles. The number of sulfonamides is 1. The molecule has 3 nitrogen and oxygen atoms in total. The molecular weight excluding hydrogens is 363 g/mol. The fourth-order valence-electron chi connectivity index (χ4n) is 2.18. The molecule has 0 aliphatic carbocycles. The van der Waals surface area contributed by atoms with Crippen LogP contribution in [0.3, 0.4) is 0 Å². The molecule has 2 aromatic carbocycles. The van der Waals surface area contributed by atoms with E-state index in [-0.39, 0.29) is 5.02 Å². The molecule has 0 saturated heterocycles. The molecule has 0 aromatic heterocycles. The predicted molar refractivity (Wildman–Crippen MR) is 86.3 cm³/mol. The minimum atomic E-state index is -4.65. The summed E-state index contributed by atoms with van der Waals surface area (Å²) in [7, 11) is -2.89. The average molecular weight is 378 g/mol. The fraction of sp³-hybridized carbons (Fsp3) is 0.250. The number of hydrogen-bond donors (Lipinski definition) is 0. The van der Waals surface area contributed by atoms with Crippen molar-refractivity contribution in [1.82, 2.24) is 4.31 Å². The lowest BCUT2D eigenvalue weighted by Gasteiger charge is -2.25. The number of rotatable bonds is 4. The van der Waals surface area contributed by atoms with E-state index in [2.05, 4.69) is 0 Å². The largest absolute Gasteiger partial charge is 0.416 e.